The fourth-order valence-corrected chi connectivity index (χ4v) is 2.46. The molecule has 1 aliphatic rings. The Morgan fingerprint density at radius 3 is 2.42 bits per heavy atom. The van der Waals surface area contributed by atoms with Crippen molar-refractivity contribution in [2.24, 2.45) is 0 Å². The van der Waals surface area contributed by atoms with Crippen LogP contribution in [0.4, 0.5) is 5.69 Å². The molecular formula is C14H19N5. The number of para-hydroxylation sites is 1. The van der Waals surface area contributed by atoms with Crippen molar-refractivity contribution in [2.45, 2.75) is 6.54 Å². The second-order valence-electron chi connectivity index (χ2n) is 4.83. The van der Waals surface area contributed by atoms with Gasteiger partial charge in [-0.15, -0.1) is 5.10 Å². The Kier molecular flexibility index (Phi) is 3.74. The van der Waals surface area contributed by atoms with Gasteiger partial charge in [-0.05, 0) is 12.1 Å². The number of rotatable bonds is 4. The molecule has 1 saturated heterocycles. The van der Waals surface area contributed by atoms with Gasteiger partial charge >= 0.3 is 0 Å². The predicted molar refractivity (Wildman–Crippen MR) is 75.1 cm³/mol. The van der Waals surface area contributed by atoms with Gasteiger partial charge in [-0.2, -0.15) is 0 Å². The molecule has 0 bridgehead atoms. The average Bonchev–Trinajstić information content (AvgIpc) is 3.00. The minimum Gasteiger partial charge on any atom is -0.369 e. The van der Waals surface area contributed by atoms with E-state index in [-0.39, 0.29) is 0 Å². The topological polar surface area (TPSA) is 37.2 Å². The van der Waals surface area contributed by atoms with Crippen LogP contribution in [0.15, 0.2) is 42.7 Å². The summed E-state index contributed by atoms with van der Waals surface area (Å²) in [6, 6.07) is 10.6. The number of anilines is 1. The zero-order valence-corrected chi connectivity index (χ0v) is 11.0. The van der Waals surface area contributed by atoms with Crippen molar-refractivity contribution < 1.29 is 0 Å². The van der Waals surface area contributed by atoms with E-state index < -0.39 is 0 Å². The highest BCUT2D eigenvalue weighted by atomic mass is 15.4. The fourth-order valence-electron chi connectivity index (χ4n) is 2.46. The van der Waals surface area contributed by atoms with Gasteiger partial charge in [-0.25, -0.2) is 0 Å². The van der Waals surface area contributed by atoms with Crippen molar-refractivity contribution in [1.29, 1.82) is 0 Å². The van der Waals surface area contributed by atoms with Crippen molar-refractivity contribution in [2.75, 3.05) is 37.6 Å². The van der Waals surface area contributed by atoms with Crippen LogP contribution in [0.2, 0.25) is 0 Å². The van der Waals surface area contributed by atoms with Gasteiger partial charge in [0.1, 0.15) is 0 Å². The molecule has 2 heterocycles. The van der Waals surface area contributed by atoms with Crippen LogP contribution in [0.5, 0.6) is 0 Å². The molecule has 1 aromatic carbocycles. The van der Waals surface area contributed by atoms with Crippen LogP contribution in [0.25, 0.3) is 0 Å². The van der Waals surface area contributed by atoms with Gasteiger partial charge in [0.25, 0.3) is 0 Å². The van der Waals surface area contributed by atoms with Crippen LogP contribution in [-0.4, -0.2) is 52.6 Å². The fraction of sp³-hybridized carbons (Fsp3) is 0.429. The summed E-state index contributed by atoms with van der Waals surface area (Å²) < 4.78 is 1.89. The smallest absolute Gasteiger partial charge is 0.0692 e. The van der Waals surface area contributed by atoms with Gasteiger partial charge in [-0.1, -0.05) is 23.4 Å². The van der Waals surface area contributed by atoms with E-state index in [4.69, 9.17) is 0 Å². The summed E-state index contributed by atoms with van der Waals surface area (Å²) in [6.07, 6.45) is 3.65. The van der Waals surface area contributed by atoms with Gasteiger partial charge in [0.15, 0.2) is 0 Å². The Hall–Kier alpha value is -1.88. The van der Waals surface area contributed by atoms with Gasteiger partial charge < -0.3 is 4.90 Å². The SMILES string of the molecule is c1ccc(N2CCN(CCn3ccnn3)CC2)cc1. The first-order valence-electron chi connectivity index (χ1n) is 6.78. The number of nitrogens with zero attached hydrogens (tertiary/aromatic N) is 5. The number of benzene rings is 1. The molecule has 0 amide bonds. The predicted octanol–water partition coefficient (Wildman–Crippen LogP) is 1.10. The normalized spacial score (nSPS) is 16.7. The molecule has 100 valence electrons. The van der Waals surface area contributed by atoms with Gasteiger partial charge in [-0.3, -0.25) is 9.58 Å². The summed E-state index contributed by atoms with van der Waals surface area (Å²) in [5, 5.41) is 7.82. The maximum Gasteiger partial charge on any atom is 0.0692 e. The Balaban J connectivity index is 1.47. The van der Waals surface area contributed by atoms with Crippen molar-refractivity contribution in [3.63, 3.8) is 0 Å². The van der Waals surface area contributed by atoms with E-state index in [1.54, 1.807) is 6.20 Å². The summed E-state index contributed by atoms with van der Waals surface area (Å²) in [6.45, 7) is 6.40. The molecule has 3 rings (SSSR count). The lowest BCUT2D eigenvalue weighted by atomic mass is 10.2. The molecule has 0 spiro atoms. The molecule has 0 N–H and O–H groups in total. The third kappa shape index (κ3) is 3.12. The van der Waals surface area contributed by atoms with Crippen molar-refractivity contribution in [3.8, 4) is 0 Å². The van der Waals surface area contributed by atoms with Gasteiger partial charge in [0.05, 0.1) is 12.7 Å². The first-order valence-corrected chi connectivity index (χ1v) is 6.78. The van der Waals surface area contributed by atoms with Gasteiger partial charge in [0, 0.05) is 44.6 Å². The second kappa shape index (κ2) is 5.84. The molecule has 0 radical (unpaired) electrons. The van der Waals surface area contributed by atoms with E-state index in [2.05, 4.69) is 50.4 Å². The molecule has 5 nitrogen and oxygen atoms in total. The third-order valence-corrected chi connectivity index (χ3v) is 3.61. The molecule has 0 atom stereocenters. The quantitative estimate of drug-likeness (QED) is 0.822. The summed E-state index contributed by atoms with van der Waals surface area (Å²) in [4.78, 5) is 4.94. The molecule has 1 fully saturated rings. The average molecular weight is 257 g/mol. The Bertz CT molecular complexity index is 474. The highest BCUT2D eigenvalue weighted by Gasteiger charge is 2.16. The van der Waals surface area contributed by atoms with Crippen LogP contribution in [0, 0.1) is 0 Å². The van der Waals surface area contributed by atoms with E-state index in [1.165, 1.54) is 5.69 Å². The van der Waals surface area contributed by atoms with Crippen molar-refractivity contribution in [3.05, 3.63) is 42.7 Å². The molecule has 0 saturated carbocycles. The third-order valence-electron chi connectivity index (χ3n) is 3.61. The van der Waals surface area contributed by atoms with Crippen molar-refractivity contribution in [1.82, 2.24) is 19.9 Å². The second-order valence-corrected chi connectivity index (χ2v) is 4.83. The number of piperazine rings is 1. The highest BCUT2D eigenvalue weighted by molar-refractivity contribution is 5.46. The first kappa shape index (κ1) is 12.2. The number of hydrogen-bond acceptors (Lipinski definition) is 4. The molecule has 5 heteroatoms. The minimum absolute atomic E-state index is 0.922. The van der Waals surface area contributed by atoms with Crippen LogP contribution >= 0.6 is 0 Å². The highest BCUT2D eigenvalue weighted by Crippen LogP contribution is 2.15. The van der Waals surface area contributed by atoms with Crippen LogP contribution < -0.4 is 4.90 Å². The summed E-state index contributed by atoms with van der Waals surface area (Å²) in [5.41, 5.74) is 1.33. The van der Waals surface area contributed by atoms with E-state index in [9.17, 15) is 0 Å². The largest absolute Gasteiger partial charge is 0.369 e. The zero-order chi connectivity index (χ0) is 12.9. The maximum absolute atomic E-state index is 3.99. The first-order chi connectivity index (χ1) is 9.42. The Morgan fingerprint density at radius 1 is 0.947 bits per heavy atom. The Morgan fingerprint density at radius 2 is 1.74 bits per heavy atom. The van der Waals surface area contributed by atoms with Crippen LogP contribution in [-0.2, 0) is 6.54 Å². The van der Waals surface area contributed by atoms with E-state index in [1.807, 2.05) is 10.9 Å². The molecular weight excluding hydrogens is 238 g/mol. The van der Waals surface area contributed by atoms with Gasteiger partial charge in [0.2, 0.25) is 0 Å². The molecule has 19 heavy (non-hydrogen) atoms. The van der Waals surface area contributed by atoms with Crippen molar-refractivity contribution >= 4 is 5.69 Å². The molecule has 1 aromatic heterocycles. The summed E-state index contributed by atoms with van der Waals surface area (Å²) in [5.74, 6) is 0. The van der Waals surface area contributed by atoms with E-state index in [0.717, 1.165) is 39.3 Å². The van der Waals surface area contributed by atoms with E-state index >= 15 is 0 Å². The van der Waals surface area contributed by atoms with Crippen LogP contribution in [0.3, 0.4) is 0 Å². The summed E-state index contributed by atoms with van der Waals surface area (Å²) in [7, 11) is 0. The van der Waals surface area contributed by atoms with E-state index in [0.29, 0.717) is 0 Å². The monoisotopic (exact) mass is 257 g/mol. The molecule has 2 aromatic rings. The molecule has 1 aliphatic heterocycles. The zero-order valence-electron chi connectivity index (χ0n) is 11.0. The van der Waals surface area contributed by atoms with Crippen LogP contribution in [0.1, 0.15) is 0 Å². The Labute approximate surface area is 113 Å². The molecule has 0 unspecified atom stereocenters. The lowest BCUT2D eigenvalue weighted by Crippen LogP contribution is -2.47. The standard InChI is InChI=1S/C14H19N5/c1-2-4-14(5-3-1)18-11-8-17(9-12-18)10-13-19-7-6-15-16-19/h1-7H,8-13H2. The summed E-state index contributed by atoms with van der Waals surface area (Å²) >= 11 is 0. The molecule has 0 aliphatic carbocycles. The minimum atomic E-state index is 0.922. The number of aromatic nitrogens is 3. The lowest BCUT2D eigenvalue weighted by molar-refractivity contribution is 0.244. The maximum atomic E-state index is 3.99. The number of hydrogen-bond donors (Lipinski definition) is 0. The lowest BCUT2D eigenvalue weighted by Gasteiger charge is -2.36.